The van der Waals surface area contributed by atoms with E-state index in [1.165, 1.54) is 32.1 Å². The molecule has 0 aromatic rings. The summed E-state index contributed by atoms with van der Waals surface area (Å²) >= 11 is 0. The summed E-state index contributed by atoms with van der Waals surface area (Å²) in [6.07, 6.45) is 7.85. The molecule has 0 aromatic carbocycles. The summed E-state index contributed by atoms with van der Waals surface area (Å²) in [6, 6.07) is 0. The molecule has 4 aliphatic rings. The van der Waals surface area contributed by atoms with E-state index < -0.39 is 0 Å². The van der Waals surface area contributed by atoms with Crippen LogP contribution in [0.15, 0.2) is 0 Å². The second-order valence-corrected chi connectivity index (χ2v) is 9.19. The van der Waals surface area contributed by atoms with Gasteiger partial charge in [-0.15, -0.1) is 0 Å². The Bertz CT molecular complexity index is 393. The molecule has 4 fully saturated rings. The SMILES string of the molecule is CCC(C)(C)C(=O)OC(C)(C)C1C2CC3CC(C2)CC1C3. The van der Waals surface area contributed by atoms with Gasteiger partial charge in [0.05, 0.1) is 5.41 Å². The number of esters is 1. The molecule has 4 saturated carbocycles. The molecular formula is C19H32O2. The average Bonchev–Trinajstić information content (AvgIpc) is 2.36. The van der Waals surface area contributed by atoms with Crippen LogP contribution >= 0.6 is 0 Å². The standard InChI is InChI=1S/C19H32O2/c1-6-18(2,3)17(20)21-19(4,5)16-14-8-12-7-13(10-14)11-15(16)9-12/h12-16H,6-11H2,1-5H3. The number of rotatable bonds is 4. The van der Waals surface area contributed by atoms with Gasteiger partial charge in [-0.2, -0.15) is 0 Å². The lowest BCUT2D eigenvalue weighted by Gasteiger charge is -2.58. The van der Waals surface area contributed by atoms with E-state index in [2.05, 4.69) is 20.8 Å². The Kier molecular flexibility index (Phi) is 3.65. The lowest BCUT2D eigenvalue weighted by Crippen LogP contribution is -2.54. The van der Waals surface area contributed by atoms with Crippen molar-refractivity contribution in [2.75, 3.05) is 0 Å². The first-order chi connectivity index (χ1) is 9.73. The Labute approximate surface area is 130 Å². The predicted octanol–water partition coefficient (Wildman–Crippen LogP) is 4.82. The number of ether oxygens (including phenoxy) is 1. The normalized spacial score (nSPS) is 38.6. The molecule has 0 spiro atoms. The second kappa shape index (κ2) is 4.99. The highest BCUT2D eigenvalue weighted by Gasteiger charge is 2.54. The zero-order valence-electron chi connectivity index (χ0n) is 14.4. The maximum atomic E-state index is 12.5. The highest BCUT2D eigenvalue weighted by Crippen LogP contribution is 2.59. The van der Waals surface area contributed by atoms with Crippen LogP contribution in [0.2, 0.25) is 0 Å². The molecule has 4 rings (SSSR count). The Hall–Kier alpha value is -0.530. The molecule has 21 heavy (non-hydrogen) atoms. The van der Waals surface area contributed by atoms with E-state index in [-0.39, 0.29) is 17.0 Å². The molecular weight excluding hydrogens is 260 g/mol. The topological polar surface area (TPSA) is 26.3 Å². The van der Waals surface area contributed by atoms with Crippen molar-refractivity contribution in [2.24, 2.45) is 35.0 Å². The summed E-state index contributed by atoms with van der Waals surface area (Å²) in [5.74, 6) is 4.12. The molecule has 2 heteroatoms. The highest BCUT2D eigenvalue weighted by molar-refractivity contribution is 5.76. The van der Waals surface area contributed by atoms with Crippen LogP contribution in [0.25, 0.3) is 0 Å². The van der Waals surface area contributed by atoms with Crippen molar-refractivity contribution in [1.82, 2.24) is 0 Å². The fourth-order valence-corrected chi connectivity index (χ4v) is 5.65. The van der Waals surface area contributed by atoms with Gasteiger partial charge in [0, 0.05) is 5.92 Å². The van der Waals surface area contributed by atoms with Crippen molar-refractivity contribution in [2.45, 2.75) is 78.7 Å². The van der Waals surface area contributed by atoms with Crippen LogP contribution in [0.4, 0.5) is 0 Å². The maximum Gasteiger partial charge on any atom is 0.312 e. The van der Waals surface area contributed by atoms with Gasteiger partial charge < -0.3 is 4.74 Å². The Morgan fingerprint density at radius 2 is 1.43 bits per heavy atom. The van der Waals surface area contributed by atoms with Crippen LogP contribution in [-0.4, -0.2) is 11.6 Å². The number of hydrogen-bond donors (Lipinski definition) is 0. The van der Waals surface area contributed by atoms with Gasteiger partial charge in [0.15, 0.2) is 0 Å². The minimum atomic E-state index is -0.358. The molecule has 2 nitrogen and oxygen atoms in total. The molecule has 0 heterocycles. The lowest BCUT2D eigenvalue weighted by atomic mass is 9.49. The van der Waals surface area contributed by atoms with Gasteiger partial charge in [-0.25, -0.2) is 0 Å². The van der Waals surface area contributed by atoms with Crippen LogP contribution < -0.4 is 0 Å². The van der Waals surface area contributed by atoms with Gasteiger partial charge >= 0.3 is 5.97 Å². The van der Waals surface area contributed by atoms with Gasteiger partial charge in [0.2, 0.25) is 0 Å². The first-order valence-corrected chi connectivity index (χ1v) is 8.96. The van der Waals surface area contributed by atoms with Crippen LogP contribution in [0.1, 0.15) is 73.1 Å². The molecule has 120 valence electrons. The van der Waals surface area contributed by atoms with Gasteiger partial charge in [-0.05, 0) is 89.9 Å². The second-order valence-electron chi connectivity index (χ2n) is 9.19. The third kappa shape index (κ3) is 2.64. The van der Waals surface area contributed by atoms with Gasteiger partial charge in [-0.1, -0.05) is 6.92 Å². The number of hydrogen-bond acceptors (Lipinski definition) is 2. The minimum Gasteiger partial charge on any atom is -0.459 e. The first kappa shape index (κ1) is 15.4. The molecule has 0 radical (unpaired) electrons. The fraction of sp³-hybridized carbons (Fsp3) is 0.947. The molecule has 4 bridgehead atoms. The van der Waals surface area contributed by atoms with Crippen molar-refractivity contribution < 1.29 is 9.53 Å². The first-order valence-electron chi connectivity index (χ1n) is 8.96. The Morgan fingerprint density at radius 1 is 0.952 bits per heavy atom. The molecule has 0 saturated heterocycles. The summed E-state index contributed by atoms with van der Waals surface area (Å²) in [6.45, 7) is 10.4. The van der Waals surface area contributed by atoms with Crippen LogP contribution in [0.3, 0.4) is 0 Å². The van der Waals surface area contributed by atoms with Crippen molar-refractivity contribution in [3.05, 3.63) is 0 Å². The molecule has 0 atom stereocenters. The summed E-state index contributed by atoms with van der Waals surface area (Å²) < 4.78 is 6.08. The smallest absolute Gasteiger partial charge is 0.312 e. The van der Waals surface area contributed by atoms with Crippen LogP contribution in [-0.2, 0) is 9.53 Å². The predicted molar refractivity (Wildman–Crippen MR) is 84.8 cm³/mol. The minimum absolute atomic E-state index is 0.0104. The van der Waals surface area contributed by atoms with E-state index in [1.54, 1.807) is 0 Å². The van der Waals surface area contributed by atoms with Crippen molar-refractivity contribution in [3.63, 3.8) is 0 Å². The van der Waals surface area contributed by atoms with E-state index in [9.17, 15) is 4.79 Å². The molecule has 0 unspecified atom stereocenters. The average molecular weight is 292 g/mol. The van der Waals surface area contributed by atoms with E-state index in [1.807, 2.05) is 13.8 Å². The van der Waals surface area contributed by atoms with Crippen molar-refractivity contribution in [3.8, 4) is 0 Å². The van der Waals surface area contributed by atoms with E-state index in [4.69, 9.17) is 4.74 Å². The monoisotopic (exact) mass is 292 g/mol. The molecule has 0 aromatic heterocycles. The fourth-order valence-electron chi connectivity index (χ4n) is 5.65. The molecule has 0 amide bonds. The zero-order valence-corrected chi connectivity index (χ0v) is 14.4. The molecule has 0 aliphatic heterocycles. The number of carbonyl (C=O) groups excluding carboxylic acids is 1. The summed E-state index contributed by atoms with van der Waals surface area (Å²) in [5, 5.41) is 0. The van der Waals surface area contributed by atoms with Crippen LogP contribution in [0, 0.1) is 35.0 Å². The Balaban J connectivity index is 1.74. The molecule has 4 aliphatic carbocycles. The van der Waals surface area contributed by atoms with Crippen LogP contribution in [0.5, 0.6) is 0 Å². The van der Waals surface area contributed by atoms with Crippen molar-refractivity contribution in [1.29, 1.82) is 0 Å². The summed E-state index contributed by atoms with van der Waals surface area (Å²) in [5.41, 5.74) is -0.657. The van der Waals surface area contributed by atoms with Gasteiger partial charge in [-0.3, -0.25) is 4.79 Å². The summed E-state index contributed by atoms with van der Waals surface area (Å²) in [7, 11) is 0. The quantitative estimate of drug-likeness (QED) is 0.695. The van der Waals surface area contributed by atoms with E-state index >= 15 is 0 Å². The van der Waals surface area contributed by atoms with Gasteiger partial charge in [0.1, 0.15) is 5.60 Å². The highest BCUT2D eigenvalue weighted by atomic mass is 16.6. The lowest BCUT2D eigenvalue weighted by molar-refractivity contribution is -0.189. The summed E-state index contributed by atoms with van der Waals surface area (Å²) in [4.78, 5) is 12.5. The largest absolute Gasteiger partial charge is 0.459 e. The third-order valence-electron chi connectivity index (χ3n) is 6.82. The maximum absolute atomic E-state index is 12.5. The zero-order chi connectivity index (χ0) is 15.4. The van der Waals surface area contributed by atoms with Crippen molar-refractivity contribution >= 4 is 5.97 Å². The third-order valence-corrected chi connectivity index (χ3v) is 6.82. The Morgan fingerprint density at radius 3 is 1.86 bits per heavy atom. The number of carbonyl (C=O) groups is 1. The molecule has 0 N–H and O–H groups in total. The van der Waals surface area contributed by atoms with E-state index in [0.29, 0.717) is 5.92 Å². The van der Waals surface area contributed by atoms with Gasteiger partial charge in [0.25, 0.3) is 0 Å². The van der Waals surface area contributed by atoms with E-state index in [0.717, 1.165) is 30.1 Å².